The van der Waals surface area contributed by atoms with Crippen LogP contribution in [0.5, 0.6) is 0 Å². The van der Waals surface area contributed by atoms with Gasteiger partial charge in [0.2, 0.25) is 0 Å². The lowest BCUT2D eigenvalue weighted by molar-refractivity contribution is 0.329. The largest absolute Gasteiger partial charge is 0.0655 e. The van der Waals surface area contributed by atoms with E-state index in [4.69, 9.17) is 0 Å². The molecule has 1 fully saturated rings. The number of allylic oxidation sites excluding steroid dienone is 4. The minimum absolute atomic E-state index is 0.334. The van der Waals surface area contributed by atoms with Crippen molar-refractivity contribution in [2.75, 3.05) is 0 Å². The Bertz CT molecular complexity index is 660. The average molecular weight is 278 g/mol. The molecule has 0 radical (unpaired) electrons. The second kappa shape index (κ2) is 4.35. The van der Waals surface area contributed by atoms with Crippen LogP contribution in [0, 0.1) is 11.8 Å². The fourth-order valence-electron chi connectivity index (χ4n) is 5.68. The summed E-state index contributed by atoms with van der Waals surface area (Å²) in [4.78, 5) is 0. The van der Waals surface area contributed by atoms with E-state index >= 15 is 0 Å². The van der Waals surface area contributed by atoms with Gasteiger partial charge in [-0.15, -0.1) is 0 Å². The SMILES string of the molecule is CC[C@H]1CC2=CC(C)=C(C)C3[C@@H](C)c4ccccc4C23C1. The molecule has 0 aromatic heterocycles. The first-order valence-corrected chi connectivity index (χ1v) is 8.57. The van der Waals surface area contributed by atoms with Crippen LogP contribution >= 0.6 is 0 Å². The van der Waals surface area contributed by atoms with Gasteiger partial charge in [0.15, 0.2) is 0 Å². The Hall–Kier alpha value is -1.30. The Labute approximate surface area is 129 Å². The maximum absolute atomic E-state index is 2.54. The normalized spacial score (nSPS) is 37.1. The van der Waals surface area contributed by atoms with Crippen molar-refractivity contribution in [1.82, 2.24) is 0 Å². The molecule has 110 valence electrons. The zero-order valence-electron chi connectivity index (χ0n) is 13.7. The Morgan fingerprint density at radius 3 is 2.71 bits per heavy atom. The van der Waals surface area contributed by atoms with E-state index in [1.54, 1.807) is 22.3 Å². The second-order valence-corrected chi connectivity index (χ2v) is 7.54. The van der Waals surface area contributed by atoms with Crippen LogP contribution in [0.25, 0.3) is 0 Å². The number of hydrogen-bond donors (Lipinski definition) is 0. The van der Waals surface area contributed by atoms with Gasteiger partial charge in [-0.2, -0.15) is 0 Å². The summed E-state index contributed by atoms with van der Waals surface area (Å²) in [5, 5.41) is 0. The molecule has 2 unspecified atom stereocenters. The summed E-state index contributed by atoms with van der Waals surface area (Å²) >= 11 is 0. The molecule has 1 aromatic rings. The molecule has 3 aliphatic rings. The van der Waals surface area contributed by atoms with Gasteiger partial charge in [-0.25, -0.2) is 0 Å². The smallest absolute Gasteiger partial charge is 0.0241 e. The van der Waals surface area contributed by atoms with Gasteiger partial charge in [0.1, 0.15) is 0 Å². The summed E-state index contributed by atoms with van der Waals surface area (Å²) in [7, 11) is 0. The third kappa shape index (κ3) is 1.51. The predicted molar refractivity (Wildman–Crippen MR) is 89.5 cm³/mol. The zero-order valence-corrected chi connectivity index (χ0v) is 13.7. The quantitative estimate of drug-likeness (QED) is 0.613. The summed E-state index contributed by atoms with van der Waals surface area (Å²) in [6.45, 7) is 9.53. The molecule has 0 bridgehead atoms. The van der Waals surface area contributed by atoms with E-state index in [-0.39, 0.29) is 0 Å². The molecule has 0 N–H and O–H groups in total. The zero-order chi connectivity index (χ0) is 14.8. The topological polar surface area (TPSA) is 0 Å². The van der Waals surface area contributed by atoms with Crippen molar-refractivity contribution < 1.29 is 0 Å². The Morgan fingerprint density at radius 1 is 1.19 bits per heavy atom. The van der Waals surface area contributed by atoms with Crippen LogP contribution in [0.2, 0.25) is 0 Å². The standard InChI is InChI=1S/C21H26/c1-5-16-11-17-10-13(2)14(3)20-15(4)18-8-6-7-9-19(18)21(17,20)12-16/h6-10,15-16,20H,5,11-12H2,1-4H3/t15-,16-,20?,21?/m0/s1. The van der Waals surface area contributed by atoms with Crippen molar-refractivity contribution in [2.45, 2.75) is 58.3 Å². The van der Waals surface area contributed by atoms with Crippen molar-refractivity contribution in [3.05, 3.63) is 58.2 Å². The first kappa shape index (κ1) is 13.4. The predicted octanol–water partition coefficient (Wildman–Crippen LogP) is 5.75. The molecule has 0 heteroatoms. The van der Waals surface area contributed by atoms with Gasteiger partial charge < -0.3 is 0 Å². The van der Waals surface area contributed by atoms with Crippen molar-refractivity contribution in [3.8, 4) is 0 Å². The monoisotopic (exact) mass is 278 g/mol. The van der Waals surface area contributed by atoms with Crippen LogP contribution in [0.3, 0.4) is 0 Å². The highest BCUT2D eigenvalue weighted by molar-refractivity contribution is 5.59. The van der Waals surface area contributed by atoms with E-state index in [2.05, 4.69) is 58.0 Å². The first-order valence-electron chi connectivity index (χ1n) is 8.57. The molecule has 3 aliphatic carbocycles. The molecule has 1 spiro atoms. The van der Waals surface area contributed by atoms with Crippen molar-refractivity contribution in [2.24, 2.45) is 11.8 Å². The molecule has 0 amide bonds. The minimum Gasteiger partial charge on any atom is -0.0655 e. The van der Waals surface area contributed by atoms with Gasteiger partial charge in [0.25, 0.3) is 0 Å². The molecule has 4 atom stereocenters. The number of benzene rings is 1. The molecular formula is C21H26. The van der Waals surface area contributed by atoms with Crippen LogP contribution in [-0.2, 0) is 5.41 Å². The highest BCUT2D eigenvalue weighted by Gasteiger charge is 2.57. The van der Waals surface area contributed by atoms with Crippen molar-refractivity contribution in [1.29, 1.82) is 0 Å². The van der Waals surface area contributed by atoms with Crippen molar-refractivity contribution >= 4 is 0 Å². The van der Waals surface area contributed by atoms with Gasteiger partial charge >= 0.3 is 0 Å². The van der Waals surface area contributed by atoms with Gasteiger partial charge in [-0.3, -0.25) is 0 Å². The first-order chi connectivity index (χ1) is 10.1. The lowest BCUT2D eigenvalue weighted by Gasteiger charge is -2.40. The summed E-state index contributed by atoms with van der Waals surface area (Å²) < 4.78 is 0. The molecule has 4 rings (SSSR count). The minimum atomic E-state index is 0.334. The highest BCUT2D eigenvalue weighted by atomic mass is 14.6. The fourth-order valence-corrected chi connectivity index (χ4v) is 5.68. The van der Waals surface area contributed by atoms with E-state index in [0.717, 1.165) is 5.92 Å². The van der Waals surface area contributed by atoms with E-state index in [1.165, 1.54) is 24.8 Å². The van der Waals surface area contributed by atoms with Crippen LogP contribution < -0.4 is 0 Å². The summed E-state index contributed by atoms with van der Waals surface area (Å²) in [6.07, 6.45) is 6.54. The van der Waals surface area contributed by atoms with Gasteiger partial charge in [-0.05, 0) is 49.7 Å². The summed E-state index contributed by atoms with van der Waals surface area (Å²) in [6, 6.07) is 9.28. The Balaban J connectivity index is 1.99. The Kier molecular flexibility index (Phi) is 2.77. The van der Waals surface area contributed by atoms with Gasteiger partial charge in [0, 0.05) is 11.3 Å². The van der Waals surface area contributed by atoms with E-state index in [1.807, 2.05) is 0 Å². The van der Waals surface area contributed by atoms with Crippen LogP contribution in [0.4, 0.5) is 0 Å². The van der Waals surface area contributed by atoms with E-state index < -0.39 is 0 Å². The van der Waals surface area contributed by atoms with Gasteiger partial charge in [-0.1, -0.05) is 67.3 Å². The molecule has 1 aromatic carbocycles. The molecule has 21 heavy (non-hydrogen) atoms. The molecule has 0 heterocycles. The summed E-state index contributed by atoms with van der Waals surface area (Å²) in [5.74, 6) is 2.23. The molecule has 0 nitrogen and oxygen atoms in total. The number of hydrogen-bond acceptors (Lipinski definition) is 0. The van der Waals surface area contributed by atoms with Crippen LogP contribution in [-0.4, -0.2) is 0 Å². The maximum Gasteiger partial charge on any atom is 0.0241 e. The third-order valence-electron chi connectivity index (χ3n) is 6.71. The molecule has 0 saturated heterocycles. The van der Waals surface area contributed by atoms with E-state index in [9.17, 15) is 0 Å². The van der Waals surface area contributed by atoms with Crippen LogP contribution in [0.1, 0.15) is 64.0 Å². The van der Waals surface area contributed by atoms with Gasteiger partial charge in [0.05, 0.1) is 0 Å². The highest BCUT2D eigenvalue weighted by Crippen LogP contribution is 2.65. The summed E-state index contributed by atoms with van der Waals surface area (Å²) in [5.41, 5.74) is 8.50. The number of rotatable bonds is 1. The average Bonchev–Trinajstić information content (AvgIpc) is 2.98. The fraction of sp³-hybridized carbons (Fsp3) is 0.524. The lowest BCUT2D eigenvalue weighted by atomic mass is 9.63. The lowest BCUT2D eigenvalue weighted by Crippen LogP contribution is -2.35. The Morgan fingerprint density at radius 2 is 1.95 bits per heavy atom. The number of fused-ring (bicyclic) bond motifs is 1. The maximum atomic E-state index is 2.54. The van der Waals surface area contributed by atoms with E-state index in [0.29, 0.717) is 17.3 Å². The molecule has 1 saturated carbocycles. The van der Waals surface area contributed by atoms with Crippen molar-refractivity contribution in [3.63, 3.8) is 0 Å². The molecule has 0 aliphatic heterocycles. The second-order valence-electron chi connectivity index (χ2n) is 7.54. The molecular weight excluding hydrogens is 252 g/mol. The third-order valence-corrected chi connectivity index (χ3v) is 6.71. The van der Waals surface area contributed by atoms with Crippen LogP contribution in [0.15, 0.2) is 47.1 Å².